The van der Waals surface area contributed by atoms with Crippen molar-refractivity contribution in [1.29, 1.82) is 0 Å². The normalized spacial score (nSPS) is 19.7. The molecule has 1 aromatic rings. The maximum Gasteiger partial charge on any atom is 0.326 e. The molecule has 0 radical (unpaired) electrons. The Hall–Kier alpha value is -1.89. The van der Waals surface area contributed by atoms with Gasteiger partial charge in [-0.2, -0.15) is 4.98 Å². The van der Waals surface area contributed by atoms with Gasteiger partial charge in [0.15, 0.2) is 0 Å². The second kappa shape index (κ2) is 7.93. The molecule has 1 saturated heterocycles. The maximum absolute atomic E-state index is 11.3. The van der Waals surface area contributed by atoms with Crippen LogP contribution < -0.4 is 10.6 Å². The first-order chi connectivity index (χ1) is 10.5. The Morgan fingerprint density at radius 1 is 1.55 bits per heavy atom. The van der Waals surface area contributed by atoms with Crippen molar-refractivity contribution in [3.63, 3.8) is 0 Å². The minimum absolute atomic E-state index is 0.238. The fourth-order valence-electron chi connectivity index (χ4n) is 2.42. The van der Waals surface area contributed by atoms with Crippen LogP contribution in [0.3, 0.4) is 0 Å². The smallest absolute Gasteiger partial charge is 0.326 e. The Kier molecular flexibility index (Phi) is 5.94. The van der Waals surface area contributed by atoms with E-state index in [1.54, 1.807) is 12.3 Å². The van der Waals surface area contributed by atoms with E-state index >= 15 is 0 Å². The molecule has 2 rings (SSSR count). The average molecular weight is 308 g/mol. The van der Waals surface area contributed by atoms with Crippen molar-refractivity contribution in [3.05, 3.63) is 12.3 Å². The summed E-state index contributed by atoms with van der Waals surface area (Å²) in [6, 6.07) is 1.33. The van der Waals surface area contributed by atoms with Crippen LogP contribution in [-0.2, 0) is 9.53 Å². The monoisotopic (exact) mass is 308 g/mol. The summed E-state index contributed by atoms with van der Waals surface area (Å²) in [4.78, 5) is 19.7. The Labute approximate surface area is 130 Å². The quantitative estimate of drug-likeness (QED) is 0.708. The molecular weight excluding hydrogens is 284 g/mol. The van der Waals surface area contributed by atoms with Gasteiger partial charge in [0.05, 0.1) is 12.6 Å². The fraction of sp³-hybridized carbons (Fsp3) is 0.667. The molecular formula is C15H24N4O3. The Bertz CT molecular complexity index is 489. The molecule has 0 aromatic carbocycles. The number of carboxylic acids is 1. The van der Waals surface area contributed by atoms with E-state index in [2.05, 4.69) is 20.6 Å². The number of nitrogens with one attached hydrogen (secondary N) is 2. The van der Waals surface area contributed by atoms with Crippen LogP contribution in [0, 0.1) is 5.92 Å². The van der Waals surface area contributed by atoms with Crippen molar-refractivity contribution in [2.75, 3.05) is 23.8 Å². The number of aliphatic carboxylic acids is 1. The summed E-state index contributed by atoms with van der Waals surface area (Å²) < 4.78 is 5.43. The van der Waals surface area contributed by atoms with Gasteiger partial charge in [-0.05, 0) is 31.2 Å². The second-order valence-corrected chi connectivity index (χ2v) is 5.99. The highest BCUT2D eigenvalue weighted by Gasteiger charge is 2.20. The molecule has 2 atom stereocenters. The lowest BCUT2D eigenvalue weighted by Crippen LogP contribution is -2.32. The zero-order valence-corrected chi connectivity index (χ0v) is 13.1. The summed E-state index contributed by atoms with van der Waals surface area (Å²) in [6.07, 6.45) is 4.21. The number of ether oxygens (including phenoxy) is 1. The van der Waals surface area contributed by atoms with E-state index in [0.717, 1.165) is 19.4 Å². The maximum atomic E-state index is 11.3. The lowest BCUT2D eigenvalue weighted by molar-refractivity contribution is -0.138. The summed E-state index contributed by atoms with van der Waals surface area (Å²) in [5.41, 5.74) is 0. The number of carbonyl (C=O) groups is 1. The highest BCUT2D eigenvalue weighted by atomic mass is 16.5. The lowest BCUT2D eigenvalue weighted by atomic mass is 10.0. The Morgan fingerprint density at radius 3 is 3.00 bits per heavy atom. The van der Waals surface area contributed by atoms with E-state index in [1.807, 2.05) is 13.8 Å². The predicted molar refractivity (Wildman–Crippen MR) is 84.0 cm³/mol. The SMILES string of the molecule is CC(C)C[C@@H](Nc1nccc(NC2CCCOC2)n1)C(=O)O. The molecule has 1 fully saturated rings. The van der Waals surface area contributed by atoms with Crippen LogP contribution in [0.4, 0.5) is 11.8 Å². The minimum Gasteiger partial charge on any atom is -0.480 e. The fourth-order valence-corrected chi connectivity index (χ4v) is 2.42. The molecule has 0 spiro atoms. The van der Waals surface area contributed by atoms with E-state index in [0.29, 0.717) is 24.8 Å². The molecule has 3 N–H and O–H groups in total. The van der Waals surface area contributed by atoms with E-state index < -0.39 is 12.0 Å². The third-order valence-electron chi connectivity index (χ3n) is 3.48. The molecule has 22 heavy (non-hydrogen) atoms. The topological polar surface area (TPSA) is 96.4 Å². The molecule has 0 bridgehead atoms. The number of rotatable bonds is 7. The van der Waals surface area contributed by atoms with Crippen molar-refractivity contribution in [2.24, 2.45) is 5.92 Å². The number of nitrogens with zero attached hydrogens (tertiary/aromatic N) is 2. The molecule has 1 aliphatic rings. The van der Waals surface area contributed by atoms with Crippen LogP contribution in [-0.4, -0.2) is 46.3 Å². The number of hydrogen-bond acceptors (Lipinski definition) is 6. The summed E-state index contributed by atoms with van der Waals surface area (Å²) in [5.74, 6) is 0.391. The third kappa shape index (κ3) is 5.14. The average Bonchev–Trinajstić information content (AvgIpc) is 2.47. The van der Waals surface area contributed by atoms with Gasteiger partial charge in [-0.3, -0.25) is 0 Å². The van der Waals surface area contributed by atoms with Crippen LogP contribution in [0.5, 0.6) is 0 Å². The summed E-state index contributed by atoms with van der Waals surface area (Å²) >= 11 is 0. The second-order valence-electron chi connectivity index (χ2n) is 5.99. The van der Waals surface area contributed by atoms with Crippen molar-refractivity contribution in [1.82, 2.24) is 9.97 Å². The third-order valence-corrected chi connectivity index (χ3v) is 3.48. The number of aromatic nitrogens is 2. The summed E-state index contributed by atoms with van der Waals surface area (Å²) in [7, 11) is 0. The van der Waals surface area contributed by atoms with Crippen molar-refractivity contribution < 1.29 is 14.6 Å². The van der Waals surface area contributed by atoms with E-state index in [9.17, 15) is 9.90 Å². The zero-order valence-electron chi connectivity index (χ0n) is 13.1. The Morgan fingerprint density at radius 2 is 2.36 bits per heavy atom. The van der Waals surface area contributed by atoms with Gasteiger partial charge >= 0.3 is 5.97 Å². The van der Waals surface area contributed by atoms with E-state index in [1.165, 1.54) is 0 Å². The predicted octanol–water partition coefficient (Wildman–Crippen LogP) is 1.98. The number of carboxylic acid groups (broad SMARTS) is 1. The van der Waals surface area contributed by atoms with Crippen LogP contribution in [0.25, 0.3) is 0 Å². The van der Waals surface area contributed by atoms with Gasteiger partial charge in [0.2, 0.25) is 5.95 Å². The molecule has 7 nitrogen and oxygen atoms in total. The number of anilines is 2. The first-order valence-electron chi connectivity index (χ1n) is 7.71. The van der Waals surface area contributed by atoms with E-state index in [-0.39, 0.29) is 12.0 Å². The first kappa shape index (κ1) is 16.5. The molecule has 122 valence electrons. The van der Waals surface area contributed by atoms with Gasteiger partial charge in [0.1, 0.15) is 11.9 Å². The molecule has 1 aliphatic heterocycles. The van der Waals surface area contributed by atoms with Gasteiger partial charge in [-0.25, -0.2) is 9.78 Å². The molecule has 2 heterocycles. The van der Waals surface area contributed by atoms with Crippen LogP contribution in [0.2, 0.25) is 0 Å². The first-order valence-corrected chi connectivity index (χ1v) is 7.71. The summed E-state index contributed by atoms with van der Waals surface area (Å²) in [6.45, 7) is 5.45. The molecule has 0 aliphatic carbocycles. The number of hydrogen-bond donors (Lipinski definition) is 3. The van der Waals surface area contributed by atoms with Gasteiger partial charge in [0, 0.05) is 12.8 Å². The standard InChI is InChI=1S/C15H24N4O3/c1-10(2)8-12(14(20)21)18-15-16-6-5-13(19-15)17-11-4-3-7-22-9-11/h5-6,10-12H,3-4,7-9H2,1-2H3,(H,20,21)(H2,16,17,18,19)/t11?,12-/m1/s1. The van der Waals surface area contributed by atoms with Crippen LogP contribution in [0.1, 0.15) is 33.1 Å². The van der Waals surface area contributed by atoms with E-state index in [4.69, 9.17) is 4.74 Å². The van der Waals surface area contributed by atoms with Gasteiger partial charge in [0.25, 0.3) is 0 Å². The molecule has 1 unspecified atom stereocenters. The molecule has 1 aromatic heterocycles. The summed E-state index contributed by atoms with van der Waals surface area (Å²) in [5, 5.41) is 15.5. The van der Waals surface area contributed by atoms with Gasteiger partial charge < -0.3 is 20.5 Å². The highest BCUT2D eigenvalue weighted by Crippen LogP contribution is 2.15. The van der Waals surface area contributed by atoms with Crippen molar-refractivity contribution in [3.8, 4) is 0 Å². The van der Waals surface area contributed by atoms with Crippen LogP contribution >= 0.6 is 0 Å². The highest BCUT2D eigenvalue weighted by molar-refractivity contribution is 5.76. The largest absolute Gasteiger partial charge is 0.480 e. The minimum atomic E-state index is -0.892. The zero-order chi connectivity index (χ0) is 15.9. The van der Waals surface area contributed by atoms with Crippen LogP contribution in [0.15, 0.2) is 12.3 Å². The Balaban J connectivity index is 1.98. The molecule has 0 amide bonds. The van der Waals surface area contributed by atoms with Crippen molar-refractivity contribution in [2.45, 2.75) is 45.2 Å². The lowest BCUT2D eigenvalue weighted by Gasteiger charge is -2.23. The van der Waals surface area contributed by atoms with Crippen molar-refractivity contribution >= 4 is 17.7 Å². The molecule has 0 saturated carbocycles. The molecule has 7 heteroatoms. The van der Waals surface area contributed by atoms with Gasteiger partial charge in [-0.1, -0.05) is 13.8 Å². The van der Waals surface area contributed by atoms with Gasteiger partial charge in [-0.15, -0.1) is 0 Å².